The highest BCUT2D eigenvalue weighted by Gasteiger charge is 2.15. The summed E-state index contributed by atoms with van der Waals surface area (Å²) in [6.45, 7) is 4.42. The first-order chi connectivity index (χ1) is 11.2. The van der Waals surface area contributed by atoms with Gasteiger partial charge >= 0.3 is 0 Å². The van der Waals surface area contributed by atoms with Gasteiger partial charge in [0.25, 0.3) is 0 Å². The number of pyridine rings is 1. The maximum absolute atomic E-state index is 5.88. The molecule has 6 heteroatoms. The zero-order chi connectivity index (χ0) is 16.1. The van der Waals surface area contributed by atoms with Gasteiger partial charge in [0.2, 0.25) is 0 Å². The Bertz CT molecular complexity index is 787. The Morgan fingerprint density at radius 2 is 1.96 bits per heavy atom. The van der Waals surface area contributed by atoms with Crippen LogP contribution in [0.5, 0.6) is 0 Å². The molecule has 0 aliphatic heterocycles. The van der Waals surface area contributed by atoms with Crippen molar-refractivity contribution in [1.29, 1.82) is 0 Å². The number of benzene rings is 1. The van der Waals surface area contributed by atoms with Crippen molar-refractivity contribution in [2.24, 2.45) is 0 Å². The zero-order valence-corrected chi connectivity index (χ0v) is 14.0. The van der Waals surface area contributed by atoms with Crippen molar-refractivity contribution in [1.82, 2.24) is 19.7 Å². The number of rotatable bonds is 6. The van der Waals surface area contributed by atoms with E-state index in [2.05, 4.69) is 38.5 Å². The second kappa shape index (κ2) is 7.44. The topological polar surface area (TPSA) is 43.6 Å². The summed E-state index contributed by atoms with van der Waals surface area (Å²) in [5, 5.41) is 10.1. The number of hydrogen-bond donors (Lipinski definition) is 0. The smallest absolute Gasteiger partial charge is 0.192 e. The molecule has 0 N–H and O–H groups in total. The quantitative estimate of drug-likeness (QED) is 0.629. The molecule has 0 atom stereocenters. The van der Waals surface area contributed by atoms with Gasteiger partial charge in [-0.05, 0) is 17.7 Å². The summed E-state index contributed by atoms with van der Waals surface area (Å²) >= 11 is 7.41. The van der Waals surface area contributed by atoms with Crippen LogP contribution < -0.4 is 0 Å². The Kier molecular flexibility index (Phi) is 5.10. The van der Waals surface area contributed by atoms with Crippen LogP contribution in [-0.2, 0) is 6.54 Å². The van der Waals surface area contributed by atoms with Gasteiger partial charge in [-0.1, -0.05) is 60.3 Å². The molecule has 4 nitrogen and oxygen atoms in total. The Balaban J connectivity index is 1.97. The lowest BCUT2D eigenvalue weighted by Crippen LogP contribution is -2.04. The molecule has 0 unspecified atom stereocenters. The molecular weight excluding hydrogens is 328 g/mol. The van der Waals surface area contributed by atoms with E-state index in [1.807, 2.05) is 30.3 Å². The van der Waals surface area contributed by atoms with Gasteiger partial charge in [-0.25, -0.2) is 0 Å². The van der Waals surface area contributed by atoms with Gasteiger partial charge in [0.05, 0.1) is 6.54 Å². The lowest BCUT2D eigenvalue weighted by atomic mass is 10.2. The summed E-state index contributed by atoms with van der Waals surface area (Å²) in [7, 11) is 0. The average molecular weight is 343 g/mol. The number of nitrogens with zero attached hydrogens (tertiary/aromatic N) is 4. The standard InChI is InChI=1S/C17H15ClN4S/c1-13(18)12-23-17-21-20-16(15-8-5-9-19-10-15)22(17)11-14-6-3-2-4-7-14/h2-10H,1,11-12H2. The molecule has 23 heavy (non-hydrogen) atoms. The number of hydrogen-bond acceptors (Lipinski definition) is 4. The average Bonchev–Trinajstić information content (AvgIpc) is 2.97. The highest BCUT2D eigenvalue weighted by Crippen LogP contribution is 2.26. The highest BCUT2D eigenvalue weighted by molar-refractivity contribution is 7.99. The van der Waals surface area contributed by atoms with Gasteiger partial charge in [0, 0.05) is 28.7 Å². The normalized spacial score (nSPS) is 10.7. The minimum absolute atomic E-state index is 0.590. The van der Waals surface area contributed by atoms with E-state index in [1.165, 1.54) is 17.3 Å². The lowest BCUT2D eigenvalue weighted by Gasteiger charge is -2.10. The molecule has 3 aromatic rings. The van der Waals surface area contributed by atoms with Crippen molar-refractivity contribution >= 4 is 23.4 Å². The van der Waals surface area contributed by atoms with Crippen LogP contribution in [0.1, 0.15) is 5.56 Å². The van der Waals surface area contributed by atoms with Crippen LogP contribution in [0.25, 0.3) is 11.4 Å². The summed E-state index contributed by atoms with van der Waals surface area (Å²) in [5.74, 6) is 1.39. The van der Waals surface area contributed by atoms with Crippen LogP contribution in [0, 0.1) is 0 Å². The maximum atomic E-state index is 5.88. The van der Waals surface area contributed by atoms with Crippen LogP contribution >= 0.6 is 23.4 Å². The van der Waals surface area contributed by atoms with Gasteiger partial charge in [-0.3, -0.25) is 9.55 Å². The van der Waals surface area contributed by atoms with Gasteiger partial charge in [-0.2, -0.15) is 0 Å². The van der Waals surface area contributed by atoms with E-state index in [0.717, 1.165) is 16.5 Å². The molecule has 0 aliphatic carbocycles. The second-order valence-electron chi connectivity index (χ2n) is 4.93. The Morgan fingerprint density at radius 3 is 2.65 bits per heavy atom. The first-order valence-electron chi connectivity index (χ1n) is 7.07. The van der Waals surface area contributed by atoms with Gasteiger partial charge in [0.1, 0.15) is 0 Å². The van der Waals surface area contributed by atoms with Crippen LogP contribution in [0.3, 0.4) is 0 Å². The van der Waals surface area contributed by atoms with Gasteiger partial charge in [0.15, 0.2) is 11.0 Å². The fraction of sp³-hybridized carbons (Fsp3) is 0.118. The highest BCUT2D eigenvalue weighted by atomic mass is 35.5. The number of aromatic nitrogens is 4. The summed E-state index contributed by atoms with van der Waals surface area (Å²) in [6.07, 6.45) is 3.54. The van der Waals surface area contributed by atoms with Crippen molar-refractivity contribution < 1.29 is 0 Å². The SMILES string of the molecule is C=C(Cl)CSc1nnc(-c2cccnc2)n1Cc1ccccc1. The molecule has 0 amide bonds. The fourth-order valence-electron chi connectivity index (χ4n) is 2.16. The van der Waals surface area contributed by atoms with Crippen LogP contribution in [-0.4, -0.2) is 25.5 Å². The minimum atomic E-state index is 0.590. The van der Waals surface area contributed by atoms with Crippen LogP contribution in [0.2, 0.25) is 0 Å². The van der Waals surface area contributed by atoms with Crippen molar-refractivity contribution in [3.63, 3.8) is 0 Å². The summed E-state index contributed by atoms with van der Waals surface area (Å²) in [5.41, 5.74) is 2.12. The molecule has 0 bridgehead atoms. The summed E-state index contributed by atoms with van der Waals surface area (Å²) < 4.78 is 2.08. The summed E-state index contributed by atoms with van der Waals surface area (Å²) in [4.78, 5) is 4.17. The predicted molar refractivity (Wildman–Crippen MR) is 94.5 cm³/mol. The van der Waals surface area contributed by atoms with Gasteiger partial charge in [-0.15, -0.1) is 10.2 Å². The molecule has 3 rings (SSSR count). The Morgan fingerprint density at radius 1 is 1.13 bits per heavy atom. The minimum Gasteiger partial charge on any atom is -0.297 e. The lowest BCUT2D eigenvalue weighted by molar-refractivity contribution is 0.715. The molecule has 0 saturated carbocycles. The van der Waals surface area contributed by atoms with E-state index in [4.69, 9.17) is 11.6 Å². The molecule has 116 valence electrons. The third-order valence-electron chi connectivity index (χ3n) is 3.18. The zero-order valence-electron chi connectivity index (χ0n) is 12.4. The molecule has 0 aliphatic rings. The van der Waals surface area contributed by atoms with E-state index in [1.54, 1.807) is 12.4 Å². The first kappa shape index (κ1) is 15.8. The molecule has 0 saturated heterocycles. The molecule has 0 fully saturated rings. The van der Waals surface area contributed by atoms with Crippen molar-refractivity contribution in [3.8, 4) is 11.4 Å². The van der Waals surface area contributed by atoms with Crippen molar-refractivity contribution in [3.05, 3.63) is 72.0 Å². The molecule has 2 aromatic heterocycles. The number of thioether (sulfide) groups is 1. The Hall–Kier alpha value is -2.11. The third kappa shape index (κ3) is 4.00. The maximum Gasteiger partial charge on any atom is 0.192 e. The van der Waals surface area contributed by atoms with Crippen LogP contribution in [0.4, 0.5) is 0 Å². The van der Waals surface area contributed by atoms with Crippen molar-refractivity contribution in [2.75, 3.05) is 5.75 Å². The van der Waals surface area contributed by atoms with E-state index >= 15 is 0 Å². The molecule has 0 spiro atoms. The van der Waals surface area contributed by atoms with E-state index in [9.17, 15) is 0 Å². The van der Waals surface area contributed by atoms with E-state index in [-0.39, 0.29) is 0 Å². The van der Waals surface area contributed by atoms with Crippen molar-refractivity contribution in [2.45, 2.75) is 11.7 Å². The molecule has 0 radical (unpaired) electrons. The molecular formula is C17H15ClN4S. The van der Waals surface area contributed by atoms with E-state index < -0.39 is 0 Å². The van der Waals surface area contributed by atoms with Gasteiger partial charge < -0.3 is 0 Å². The molecule has 1 aromatic carbocycles. The third-order valence-corrected chi connectivity index (χ3v) is 4.52. The number of halogens is 1. The predicted octanol–water partition coefficient (Wildman–Crippen LogP) is 4.23. The summed E-state index contributed by atoms with van der Waals surface area (Å²) in [6, 6.07) is 14.1. The van der Waals surface area contributed by atoms with E-state index in [0.29, 0.717) is 17.3 Å². The monoisotopic (exact) mass is 342 g/mol. The Labute approximate surface area is 144 Å². The second-order valence-corrected chi connectivity index (χ2v) is 6.40. The first-order valence-corrected chi connectivity index (χ1v) is 8.44. The fourth-order valence-corrected chi connectivity index (χ4v) is 3.01. The largest absolute Gasteiger partial charge is 0.297 e. The molecule has 2 heterocycles. The van der Waals surface area contributed by atoms with Crippen LogP contribution in [0.15, 0.2) is 71.6 Å².